The third-order valence-electron chi connectivity index (χ3n) is 12.8. The van der Waals surface area contributed by atoms with Gasteiger partial charge in [-0.2, -0.15) is 9.97 Å². The van der Waals surface area contributed by atoms with Gasteiger partial charge in [0.2, 0.25) is 11.9 Å². The van der Waals surface area contributed by atoms with Crippen LogP contribution in [-0.4, -0.2) is 144 Å². The molecule has 0 radical (unpaired) electrons. The Morgan fingerprint density at radius 1 is 0.587 bits per heavy atom. The molecular weight excluding hydrogens is 1010 g/mol. The maximum absolute atomic E-state index is 12.3. The molecule has 23 heteroatoms. The molecule has 0 unspecified atom stereocenters. The molecule has 75 heavy (non-hydrogen) atoms. The van der Waals surface area contributed by atoms with Crippen molar-refractivity contribution in [1.82, 2.24) is 35.2 Å². The number of aliphatic carboxylic acids is 1. The van der Waals surface area contributed by atoms with Crippen LogP contribution >= 0.6 is 23.2 Å². The van der Waals surface area contributed by atoms with Gasteiger partial charge in [-0.1, -0.05) is 47.5 Å². The number of hydrogen-bond donors (Lipinski definition) is 7. The summed E-state index contributed by atoms with van der Waals surface area (Å²) in [7, 11) is 11.7. The van der Waals surface area contributed by atoms with E-state index in [2.05, 4.69) is 89.0 Å². The number of nitrogens with zero attached hydrogens (tertiary/aromatic N) is 8. The number of benzene rings is 4. The van der Waals surface area contributed by atoms with Crippen molar-refractivity contribution < 1.29 is 39.0 Å². The number of methoxy groups -OCH3 is 2. The number of carboxylic acids is 1. The molecule has 0 atom stereocenters. The highest BCUT2D eigenvalue weighted by molar-refractivity contribution is 6.44. The highest BCUT2D eigenvalue weighted by Crippen LogP contribution is 2.36. The van der Waals surface area contributed by atoms with Crippen LogP contribution in [0, 0.1) is 0 Å². The Morgan fingerprint density at radius 2 is 0.987 bits per heavy atom. The van der Waals surface area contributed by atoms with Crippen molar-refractivity contribution in [2.24, 2.45) is 0 Å². The summed E-state index contributed by atoms with van der Waals surface area (Å²) in [4.78, 5) is 73.9. The molecule has 7 N–H and O–H groups in total. The van der Waals surface area contributed by atoms with E-state index in [1.165, 1.54) is 30.0 Å². The smallest absolute Gasteiger partial charge is 0.377 e. The highest BCUT2D eigenvalue weighted by atomic mass is 35.5. The lowest BCUT2D eigenvalue weighted by molar-refractivity contribution is -0.131. The zero-order valence-corrected chi connectivity index (χ0v) is 43.7. The summed E-state index contributed by atoms with van der Waals surface area (Å²) in [6, 6.07) is 25.6. The maximum Gasteiger partial charge on any atom is 0.377 e. The molecule has 2 fully saturated rings. The second kappa shape index (κ2) is 25.4. The zero-order chi connectivity index (χ0) is 53.8. The number of ether oxygens (including phenoxy) is 2. The molecule has 21 nitrogen and oxygen atoms in total. The minimum atomic E-state index is -1.55. The molecule has 4 heterocycles. The standard InChI is InChI=1S/C26H30ClN7O4.C26H29ClN6O4/c1-33(2)16-10-12-34(13-11-16)17-8-9-21(22(14-17)38-3)30-26-28-15-19(27)24(31-26)29-20-7-5-4-6-18(20)23(35)25(36)32-37;1-32(2)16-10-12-33(13-11-16)17-8-9-21(22(14-17)37-3)30-26-28-15-19(27)24(31-26)29-20-7-5-4-6-18(20)23(34)25(35)36/h4-9,14-16,37H,10-13H2,1-3H3,(H,32,36)(H2,28,29,30,31);4-9,14-16H,10-13H2,1-3H3,(H,35,36)(H2,28,29,30,31). The van der Waals surface area contributed by atoms with Crippen LogP contribution in [-0.2, 0) is 9.59 Å². The van der Waals surface area contributed by atoms with Gasteiger partial charge in [-0.3, -0.25) is 19.6 Å². The fraction of sp³-hybridized carbons (Fsp3) is 0.308. The largest absolute Gasteiger partial charge is 0.494 e. The van der Waals surface area contributed by atoms with Gasteiger partial charge >= 0.3 is 11.9 Å². The number of amides is 1. The van der Waals surface area contributed by atoms with Gasteiger partial charge in [-0.05, 0) is 102 Å². The number of nitrogens with one attached hydrogen (secondary N) is 5. The number of carbonyl (C=O) groups excluding carboxylic acids is 3. The van der Waals surface area contributed by atoms with E-state index in [9.17, 15) is 19.2 Å². The minimum Gasteiger partial charge on any atom is -0.494 e. The van der Waals surface area contributed by atoms with Crippen LogP contribution in [0.15, 0.2) is 97.3 Å². The second-order valence-electron chi connectivity index (χ2n) is 17.9. The molecule has 0 saturated carbocycles. The zero-order valence-electron chi connectivity index (χ0n) is 42.2. The summed E-state index contributed by atoms with van der Waals surface area (Å²) in [6.45, 7) is 3.88. The molecule has 2 aromatic heterocycles. The van der Waals surface area contributed by atoms with Crippen molar-refractivity contribution in [3.05, 3.63) is 118 Å². The summed E-state index contributed by atoms with van der Waals surface area (Å²) in [5.74, 6) is -2.49. The van der Waals surface area contributed by atoms with Gasteiger partial charge in [0.1, 0.15) is 21.5 Å². The van der Waals surface area contributed by atoms with E-state index in [0.29, 0.717) is 35.0 Å². The Bertz CT molecular complexity index is 3010. The van der Waals surface area contributed by atoms with E-state index in [0.717, 1.165) is 63.2 Å². The first-order valence-electron chi connectivity index (χ1n) is 23.8. The Balaban J connectivity index is 0.000000219. The molecule has 6 aromatic rings. The van der Waals surface area contributed by atoms with Crippen LogP contribution in [0.4, 0.5) is 57.7 Å². The summed E-state index contributed by atoms with van der Waals surface area (Å²) in [6.07, 6.45) is 7.23. The van der Waals surface area contributed by atoms with E-state index < -0.39 is 23.4 Å². The molecule has 2 aliphatic heterocycles. The third-order valence-corrected chi connectivity index (χ3v) is 13.4. The third kappa shape index (κ3) is 13.9. The number of carboxylic acid groups (broad SMARTS) is 1. The van der Waals surface area contributed by atoms with E-state index in [4.69, 9.17) is 43.0 Å². The van der Waals surface area contributed by atoms with Gasteiger partial charge in [-0.15, -0.1) is 0 Å². The maximum atomic E-state index is 12.3. The molecule has 1 amide bonds. The average Bonchev–Trinajstić information content (AvgIpc) is 3.42. The Kier molecular flexibility index (Phi) is 18.6. The van der Waals surface area contributed by atoms with Crippen LogP contribution in [0.25, 0.3) is 0 Å². The van der Waals surface area contributed by atoms with Crippen LogP contribution in [0.5, 0.6) is 11.5 Å². The van der Waals surface area contributed by atoms with Crippen LogP contribution in [0.3, 0.4) is 0 Å². The number of rotatable bonds is 18. The molecule has 0 aliphatic carbocycles. The SMILES string of the molecule is COc1cc(N2CCC(N(C)C)CC2)ccc1Nc1ncc(Cl)c(Nc2ccccc2C(=O)C(=O)NO)n1.COc1cc(N2CCC(N(C)C)CC2)ccc1Nc1ncc(Cl)c(Nc2ccccc2C(=O)C(=O)O)n1. The predicted octanol–water partition coefficient (Wildman–Crippen LogP) is 8.27. The fourth-order valence-corrected chi connectivity index (χ4v) is 8.91. The van der Waals surface area contributed by atoms with Crippen LogP contribution in [0.2, 0.25) is 10.0 Å². The normalized spacial score (nSPS) is 13.9. The molecule has 8 rings (SSSR count). The minimum absolute atomic E-state index is 0.00828. The van der Waals surface area contributed by atoms with Crippen molar-refractivity contribution in [1.29, 1.82) is 0 Å². The number of Topliss-reactive ketones (excluding diaryl/α,β-unsaturated/α-hetero) is 2. The quantitative estimate of drug-likeness (QED) is 0.0185. The first-order chi connectivity index (χ1) is 36.1. The molecule has 4 aromatic carbocycles. The number of piperidine rings is 2. The number of anilines is 10. The van der Waals surface area contributed by atoms with Crippen molar-refractivity contribution in [2.75, 3.05) is 99.7 Å². The van der Waals surface area contributed by atoms with Gasteiger partial charge in [-0.25, -0.2) is 20.2 Å². The summed E-state index contributed by atoms with van der Waals surface area (Å²) in [5.41, 5.74) is 5.43. The lowest BCUT2D eigenvalue weighted by Gasteiger charge is -2.36. The van der Waals surface area contributed by atoms with Gasteiger partial charge in [0, 0.05) is 61.8 Å². The molecule has 2 saturated heterocycles. The summed E-state index contributed by atoms with van der Waals surface area (Å²) >= 11 is 12.6. The van der Waals surface area contributed by atoms with Gasteiger partial charge in [0.05, 0.1) is 60.5 Å². The number of hydroxylamine groups is 1. The lowest BCUT2D eigenvalue weighted by atomic mass is 10.0. The molecule has 0 bridgehead atoms. The first-order valence-corrected chi connectivity index (χ1v) is 24.6. The van der Waals surface area contributed by atoms with Crippen molar-refractivity contribution in [2.45, 2.75) is 37.8 Å². The summed E-state index contributed by atoms with van der Waals surface area (Å²) < 4.78 is 11.3. The topological polar surface area (TPSA) is 252 Å². The Hall–Kier alpha value is -7.82. The lowest BCUT2D eigenvalue weighted by Crippen LogP contribution is -2.41. The number of ketones is 2. The van der Waals surface area contributed by atoms with E-state index in [1.54, 1.807) is 50.6 Å². The van der Waals surface area contributed by atoms with Gasteiger partial charge < -0.3 is 55.4 Å². The van der Waals surface area contributed by atoms with Crippen molar-refractivity contribution in [3.63, 3.8) is 0 Å². The predicted molar refractivity (Wildman–Crippen MR) is 290 cm³/mol. The van der Waals surface area contributed by atoms with Crippen molar-refractivity contribution >= 4 is 104 Å². The van der Waals surface area contributed by atoms with E-state index in [1.807, 2.05) is 36.4 Å². The number of carbonyl (C=O) groups is 4. The first kappa shape index (κ1) is 54.9. The van der Waals surface area contributed by atoms with Crippen LogP contribution in [0.1, 0.15) is 46.4 Å². The molecule has 394 valence electrons. The average molecular weight is 1070 g/mol. The number of aromatic nitrogens is 4. The van der Waals surface area contributed by atoms with Crippen LogP contribution < -0.4 is 46.0 Å². The number of halogens is 2. The monoisotopic (exact) mass is 1060 g/mol. The highest BCUT2D eigenvalue weighted by Gasteiger charge is 2.25. The van der Waals surface area contributed by atoms with E-state index >= 15 is 0 Å². The second-order valence-corrected chi connectivity index (χ2v) is 18.7. The van der Waals surface area contributed by atoms with Gasteiger partial charge in [0.15, 0.2) is 11.6 Å². The Morgan fingerprint density at radius 3 is 1.36 bits per heavy atom. The number of para-hydroxylation sites is 2. The summed E-state index contributed by atoms with van der Waals surface area (Å²) in [5, 5.41) is 30.6. The number of hydrogen-bond acceptors (Lipinski definition) is 19. The Labute approximate surface area is 444 Å². The molecule has 0 spiro atoms. The molecule has 2 aliphatic rings. The van der Waals surface area contributed by atoms with Crippen molar-refractivity contribution in [3.8, 4) is 11.5 Å². The van der Waals surface area contributed by atoms with Gasteiger partial charge in [0.25, 0.3) is 11.6 Å². The fourth-order valence-electron chi connectivity index (χ4n) is 8.64. The van der Waals surface area contributed by atoms with E-state index in [-0.39, 0.29) is 56.1 Å². The molecular formula is C52H59Cl2N13O8.